The van der Waals surface area contributed by atoms with Crippen molar-refractivity contribution in [3.8, 4) is 17.0 Å². The molecule has 0 amide bonds. The van der Waals surface area contributed by atoms with E-state index >= 15 is 0 Å². The van der Waals surface area contributed by atoms with Crippen molar-refractivity contribution < 1.29 is 4.74 Å². The quantitative estimate of drug-likeness (QED) is 0.669. The molecule has 2 heterocycles. The van der Waals surface area contributed by atoms with Crippen LogP contribution in [0, 0.1) is 0 Å². The molecule has 0 aliphatic heterocycles. The van der Waals surface area contributed by atoms with Gasteiger partial charge in [0.25, 0.3) is 0 Å². The van der Waals surface area contributed by atoms with E-state index in [4.69, 9.17) is 4.74 Å². The summed E-state index contributed by atoms with van der Waals surface area (Å²) in [4.78, 5) is 5.57. The van der Waals surface area contributed by atoms with Crippen LogP contribution in [-0.2, 0) is 0 Å². The SMILES string of the molecule is CCCSc1nn2cc(-c3ccccc3OC)nc2s1. The lowest BCUT2D eigenvalue weighted by Crippen LogP contribution is -1.87. The molecule has 4 nitrogen and oxygen atoms in total. The third-order valence-electron chi connectivity index (χ3n) is 2.84. The van der Waals surface area contributed by atoms with E-state index < -0.39 is 0 Å². The molecule has 0 saturated heterocycles. The minimum absolute atomic E-state index is 0.832. The number of benzene rings is 1. The van der Waals surface area contributed by atoms with Crippen LogP contribution >= 0.6 is 23.1 Å². The molecule has 2 aromatic heterocycles. The molecule has 6 heteroatoms. The Bertz CT molecular complexity index is 689. The molecule has 3 rings (SSSR count). The number of rotatable bonds is 5. The molecule has 20 heavy (non-hydrogen) atoms. The van der Waals surface area contributed by atoms with Gasteiger partial charge in [-0.2, -0.15) is 0 Å². The number of hydrogen-bond acceptors (Lipinski definition) is 5. The van der Waals surface area contributed by atoms with Crippen molar-refractivity contribution >= 4 is 28.1 Å². The number of aromatic nitrogens is 3. The Kier molecular flexibility index (Phi) is 3.93. The van der Waals surface area contributed by atoms with Crippen LogP contribution in [0.4, 0.5) is 0 Å². The molecule has 0 aliphatic carbocycles. The van der Waals surface area contributed by atoms with Gasteiger partial charge in [-0.05, 0) is 18.6 Å². The number of nitrogens with zero attached hydrogens (tertiary/aromatic N) is 3. The first-order valence-corrected chi connectivity index (χ1v) is 8.24. The molecule has 0 unspecified atom stereocenters. The highest BCUT2D eigenvalue weighted by Gasteiger charge is 2.12. The Morgan fingerprint density at radius 2 is 2.20 bits per heavy atom. The van der Waals surface area contributed by atoms with Crippen molar-refractivity contribution in [2.75, 3.05) is 12.9 Å². The third-order valence-corrected chi connectivity index (χ3v) is 5.10. The van der Waals surface area contributed by atoms with Crippen LogP contribution < -0.4 is 4.74 Å². The monoisotopic (exact) mass is 305 g/mol. The van der Waals surface area contributed by atoms with E-state index in [2.05, 4.69) is 17.0 Å². The van der Waals surface area contributed by atoms with Gasteiger partial charge in [-0.25, -0.2) is 9.50 Å². The lowest BCUT2D eigenvalue weighted by Gasteiger charge is -2.04. The van der Waals surface area contributed by atoms with Crippen molar-refractivity contribution in [1.82, 2.24) is 14.6 Å². The van der Waals surface area contributed by atoms with E-state index in [1.807, 2.05) is 35.0 Å². The number of para-hydroxylation sites is 1. The van der Waals surface area contributed by atoms with E-state index in [0.29, 0.717) is 0 Å². The lowest BCUT2D eigenvalue weighted by molar-refractivity contribution is 0.416. The Hall–Kier alpha value is -1.53. The van der Waals surface area contributed by atoms with Gasteiger partial charge >= 0.3 is 0 Å². The Balaban J connectivity index is 1.95. The topological polar surface area (TPSA) is 39.4 Å². The largest absolute Gasteiger partial charge is 0.496 e. The van der Waals surface area contributed by atoms with Crippen LogP contribution in [0.3, 0.4) is 0 Å². The number of imidazole rings is 1. The highest BCUT2D eigenvalue weighted by molar-refractivity contribution is 8.01. The summed E-state index contributed by atoms with van der Waals surface area (Å²) in [5.74, 6) is 1.93. The van der Waals surface area contributed by atoms with Gasteiger partial charge in [0.2, 0.25) is 4.96 Å². The summed E-state index contributed by atoms with van der Waals surface area (Å²) in [7, 11) is 1.68. The fraction of sp³-hybridized carbons (Fsp3) is 0.286. The number of hydrogen-bond donors (Lipinski definition) is 0. The smallest absolute Gasteiger partial charge is 0.213 e. The van der Waals surface area contributed by atoms with Crippen LogP contribution in [0.5, 0.6) is 5.75 Å². The van der Waals surface area contributed by atoms with Crippen LogP contribution in [0.25, 0.3) is 16.2 Å². The van der Waals surface area contributed by atoms with Crippen molar-refractivity contribution in [3.05, 3.63) is 30.5 Å². The van der Waals surface area contributed by atoms with Crippen molar-refractivity contribution in [2.45, 2.75) is 17.7 Å². The second-order valence-electron chi connectivity index (χ2n) is 4.27. The molecule has 1 aromatic carbocycles. The molecule has 0 saturated carbocycles. The summed E-state index contributed by atoms with van der Waals surface area (Å²) in [5.41, 5.74) is 1.89. The number of methoxy groups -OCH3 is 1. The molecule has 0 radical (unpaired) electrons. The zero-order chi connectivity index (χ0) is 13.9. The Morgan fingerprint density at radius 1 is 1.35 bits per heavy atom. The zero-order valence-corrected chi connectivity index (χ0v) is 13.0. The molecule has 0 fully saturated rings. The average molecular weight is 305 g/mol. The predicted molar refractivity (Wildman–Crippen MR) is 83.9 cm³/mol. The second-order valence-corrected chi connectivity index (χ2v) is 6.57. The molecule has 0 bridgehead atoms. The number of thioether (sulfide) groups is 1. The Labute approximate surface area is 125 Å². The van der Waals surface area contributed by atoms with Crippen molar-refractivity contribution in [2.24, 2.45) is 0 Å². The molecular formula is C14H15N3OS2. The summed E-state index contributed by atoms with van der Waals surface area (Å²) in [5, 5.41) is 4.55. The molecule has 0 spiro atoms. The highest BCUT2D eigenvalue weighted by atomic mass is 32.2. The first kappa shape index (κ1) is 13.5. The van der Waals surface area contributed by atoms with Gasteiger partial charge in [-0.1, -0.05) is 42.2 Å². The number of ether oxygens (including phenoxy) is 1. The van der Waals surface area contributed by atoms with Gasteiger partial charge < -0.3 is 4.74 Å². The maximum absolute atomic E-state index is 5.38. The summed E-state index contributed by atoms with van der Waals surface area (Å²) in [6.45, 7) is 2.17. The van der Waals surface area contributed by atoms with E-state index in [1.165, 1.54) is 0 Å². The molecule has 0 aliphatic rings. The van der Waals surface area contributed by atoms with E-state index in [1.54, 1.807) is 30.2 Å². The normalized spacial score (nSPS) is 11.1. The van der Waals surface area contributed by atoms with E-state index in [0.717, 1.165) is 38.5 Å². The predicted octanol–water partition coefficient (Wildman–Crippen LogP) is 3.97. The van der Waals surface area contributed by atoms with Crippen molar-refractivity contribution in [3.63, 3.8) is 0 Å². The summed E-state index contributed by atoms with van der Waals surface area (Å²) in [6, 6.07) is 7.90. The maximum atomic E-state index is 5.38. The van der Waals surface area contributed by atoms with Crippen LogP contribution in [-0.4, -0.2) is 27.5 Å². The molecule has 0 N–H and O–H groups in total. The maximum Gasteiger partial charge on any atom is 0.213 e. The van der Waals surface area contributed by atoms with Gasteiger partial charge in [-0.3, -0.25) is 0 Å². The minimum Gasteiger partial charge on any atom is -0.496 e. The highest BCUT2D eigenvalue weighted by Crippen LogP contribution is 2.31. The molecule has 104 valence electrons. The fourth-order valence-corrected chi connectivity index (χ4v) is 3.77. The van der Waals surface area contributed by atoms with Crippen LogP contribution in [0.15, 0.2) is 34.8 Å². The first-order valence-electron chi connectivity index (χ1n) is 6.44. The molecule has 0 atom stereocenters. The van der Waals surface area contributed by atoms with Gasteiger partial charge in [0.1, 0.15) is 5.75 Å². The van der Waals surface area contributed by atoms with E-state index in [9.17, 15) is 0 Å². The lowest BCUT2D eigenvalue weighted by atomic mass is 10.1. The third kappa shape index (κ3) is 2.53. The van der Waals surface area contributed by atoms with Crippen LogP contribution in [0.1, 0.15) is 13.3 Å². The van der Waals surface area contributed by atoms with Gasteiger partial charge in [0.05, 0.1) is 19.0 Å². The average Bonchev–Trinajstić information content (AvgIpc) is 3.03. The van der Waals surface area contributed by atoms with Crippen molar-refractivity contribution in [1.29, 1.82) is 0 Å². The summed E-state index contributed by atoms with van der Waals surface area (Å²) in [6.07, 6.45) is 3.11. The molecule has 3 aromatic rings. The van der Waals surface area contributed by atoms with Gasteiger partial charge in [0.15, 0.2) is 4.34 Å². The second kappa shape index (κ2) is 5.85. The molecular weight excluding hydrogens is 290 g/mol. The fourth-order valence-electron chi connectivity index (χ4n) is 1.92. The standard InChI is InChI=1S/C14H15N3OS2/c1-3-8-19-14-16-17-9-11(15-13(17)20-14)10-6-4-5-7-12(10)18-2/h4-7,9H,3,8H2,1-2H3. The summed E-state index contributed by atoms with van der Waals surface area (Å²) < 4.78 is 8.30. The van der Waals surface area contributed by atoms with Crippen LogP contribution in [0.2, 0.25) is 0 Å². The van der Waals surface area contributed by atoms with Gasteiger partial charge in [0, 0.05) is 11.3 Å². The summed E-state index contributed by atoms with van der Waals surface area (Å²) >= 11 is 3.41. The first-order chi connectivity index (χ1) is 9.81. The van der Waals surface area contributed by atoms with E-state index in [-0.39, 0.29) is 0 Å². The minimum atomic E-state index is 0.832. The zero-order valence-electron chi connectivity index (χ0n) is 11.4. The number of fused-ring (bicyclic) bond motifs is 1. The Morgan fingerprint density at radius 3 is 2.95 bits per heavy atom. The van der Waals surface area contributed by atoms with Gasteiger partial charge in [-0.15, -0.1) is 5.10 Å².